The predicted octanol–water partition coefficient (Wildman–Crippen LogP) is 3.11. The zero-order chi connectivity index (χ0) is 13.9. The Bertz CT molecular complexity index is 689. The SMILES string of the molecule is Cc1cc(N2CCOCC2)nc2ccc(N=C=S)cc12. The van der Waals surface area contributed by atoms with E-state index in [0.717, 1.165) is 48.7 Å². The van der Waals surface area contributed by atoms with Gasteiger partial charge in [0.1, 0.15) is 5.82 Å². The second kappa shape index (κ2) is 5.67. The number of hydrogen-bond acceptors (Lipinski definition) is 5. The first-order valence-electron chi connectivity index (χ1n) is 6.60. The van der Waals surface area contributed by atoms with Gasteiger partial charge in [-0.15, -0.1) is 0 Å². The van der Waals surface area contributed by atoms with Gasteiger partial charge in [0.05, 0.1) is 29.6 Å². The van der Waals surface area contributed by atoms with E-state index in [2.05, 4.69) is 40.3 Å². The quantitative estimate of drug-likeness (QED) is 0.627. The van der Waals surface area contributed by atoms with E-state index in [1.54, 1.807) is 0 Å². The van der Waals surface area contributed by atoms with E-state index in [9.17, 15) is 0 Å². The maximum Gasteiger partial charge on any atom is 0.129 e. The van der Waals surface area contributed by atoms with Crippen LogP contribution in [0.4, 0.5) is 11.5 Å². The molecule has 0 aliphatic carbocycles. The Hall–Kier alpha value is -1.81. The van der Waals surface area contributed by atoms with E-state index in [4.69, 9.17) is 9.72 Å². The van der Waals surface area contributed by atoms with Gasteiger partial charge >= 0.3 is 0 Å². The van der Waals surface area contributed by atoms with Crippen molar-refractivity contribution >= 4 is 39.8 Å². The van der Waals surface area contributed by atoms with Crippen LogP contribution in [0.2, 0.25) is 0 Å². The molecule has 4 nitrogen and oxygen atoms in total. The Morgan fingerprint density at radius 3 is 2.85 bits per heavy atom. The lowest BCUT2D eigenvalue weighted by Gasteiger charge is -2.28. The number of thiocarbonyl (C=S) groups is 1. The number of morpholine rings is 1. The molecule has 2 heterocycles. The molecule has 20 heavy (non-hydrogen) atoms. The summed E-state index contributed by atoms with van der Waals surface area (Å²) in [4.78, 5) is 11.0. The summed E-state index contributed by atoms with van der Waals surface area (Å²) in [6, 6.07) is 8.02. The largest absolute Gasteiger partial charge is 0.378 e. The first-order chi connectivity index (χ1) is 9.78. The number of aliphatic imine (C=N–C) groups is 1. The number of hydrogen-bond donors (Lipinski definition) is 0. The summed E-state index contributed by atoms with van der Waals surface area (Å²) in [5, 5.41) is 3.50. The number of rotatable bonds is 2. The summed E-state index contributed by atoms with van der Waals surface area (Å²) in [6.45, 7) is 5.41. The minimum Gasteiger partial charge on any atom is -0.378 e. The average molecular weight is 285 g/mol. The van der Waals surface area contributed by atoms with Crippen LogP contribution in [0.1, 0.15) is 5.56 Å². The summed E-state index contributed by atoms with van der Waals surface area (Å²) in [5.74, 6) is 1.02. The predicted molar refractivity (Wildman–Crippen MR) is 84.2 cm³/mol. The van der Waals surface area contributed by atoms with Crippen molar-refractivity contribution in [2.24, 2.45) is 4.99 Å². The fraction of sp³-hybridized carbons (Fsp3) is 0.333. The fourth-order valence-corrected chi connectivity index (χ4v) is 2.55. The highest BCUT2D eigenvalue weighted by molar-refractivity contribution is 7.78. The summed E-state index contributed by atoms with van der Waals surface area (Å²) in [7, 11) is 0. The Morgan fingerprint density at radius 1 is 1.30 bits per heavy atom. The summed E-state index contributed by atoms with van der Waals surface area (Å²) < 4.78 is 5.38. The average Bonchev–Trinajstić information content (AvgIpc) is 2.49. The van der Waals surface area contributed by atoms with Gasteiger partial charge in [-0.25, -0.2) is 4.98 Å². The second-order valence-corrected chi connectivity index (χ2v) is 4.98. The Balaban J connectivity index is 2.05. The molecule has 1 aliphatic heterocycles. The lowest BCUT2D eigenvalue weighted by Crippen LogP contribution is -2.36. The second-order valence-electron chi connectivity index (χ2n) is 4.80. The number of ether oxygens (including phenoxy) is 1. The maximum absolute atomic E-state index is 5.38. The van der Waals surface area contributed by atoms with E-state index in [0.29, 0.717) is 0 Å². The minimum atomic E-state index is 0.765. The minimum absolute atomic E-state index is 0.765. The molecule has 0 bridgehead atoms. The van der Waals surface area contributed by atoms with Crippen LogP contribution in [0, 0.1) is 6.92 Å². The van der Waals surface area contributed by atoms with Crippen LogP contribution in [0.25, 0.3) is 10.9 Å². The third-order valence-electron chi connectivity index (χ3n) is 3.50. The topological polar surface area (TPSA) is 37.7 Å². The van der Waals surface area contributed by atoms with Gasteiger partial charge in [-0.3, -0.25) is 0 Å². The van der Waals surface area contributed by atoms with Crippen LogP contribution in [-0.2, 0) is 4.74 Å². The summed E-state index contributed by atoms with van der Waals surface area (Å²) in [5.41, 5.74) is 2.99. The van der Waals surface area contributed by atoms with Gasteiger partial charge in [-0.2, -0.15) is 4.99 Å². The van der Waals surface area contributed by atoms with E-state index < -0.39 is 0 Å². The van der Waals surface area contributed by atoms with Gasteiger partial charge < -0.3 is 9.64 Å². The van der Waals surface area contributed by atoms with E-state index >= 15 is 0 Å². The number of isothiocyanates is 1. The van der Waals surface area contributed by atoms with Crippen LogP contribution in [0.5, 0.6) is 0 Å². The zero-order valence-electron chi connectivity index (χ0n) is 11.3. The highest BCUT2D eigenvalue weighted by atomic mass is 32.1. The number of anilines is 1. The standard InChI is InChI=1S/C15H15N3OS/c1-11-8-15(18-4-6-19-7-5-18)17-14-3-2-12(16-10-20)9-13(11)14/h2-3,8-9H,4-7H2,1H3. The number of fused-ring (bicyclic) bond motifs is 1. The maximum atomic E-state index is 5.38. The molecule has 1 aromatic carbocycles. The molecular formula is C15H15N3OS. The number of nitrogens with zero attached hydrogens (tertiary/aromatic N) is 3. The van der Waals surface area contributed by atoms with Crippen molar-refractivity contribution in [1.82, 2.24) is 4.98 Å². The molecular weight excluding hydrogens is 270 g/mol. The molecule has 102 valence electrons. The molecule has 2 aromatic rings. The Kier molecular flexibility index (Phi) is 3.74. The van der Waals surface area contributed by atoms with Gasteiger partial charge in [0, 0.05) is 18.5 Å². The molecule has 5 heteroatoms. The van der Waals surface area contributed by atoms with Crippen molar-refractivity contribution in [3.8, 4) is 0 Å². The molecule has 3 rings (SSSR count). The lowest BCUT2D eigenvalue weighted by atomic mass is 10.1. The van der Waals surface area contributed by atoms with Crippen LogP contribution < -0.4 is 4.90 Å². The molecule has 0 N–H and O–H groups in total. The molecule has 1 aliphatic rings. The third-order valence-corrected chi connectivity index (χ3v) is 3.59. The third kappa shape index (κ3) is 2.56. The van der Waals surface area contributed by atoms with Gasteiger partial charge in [0.15, 0.2) is 0 Å². The summed E-state index contributed by atoms with van der Waals surface area (Å²) in [6.07, 6.45) is 0. The van der Waals surface area contributed by atoms with Crippen molar-refractivity contribution in [2.45, 2.75) is 6.92 Å². The smallest absolute Gasteiger partial charge is 0.129 e. The molecule has 1 saturated heterocycles. The van der Waals surface area contributed by atoms with Gasteiger partial charge in [0.25, 0.3) is 0 Å². The van der Waals surface area contributed by atoms with Gasteiger partial charge in [0.2, 0.25) is 0 Å². The van der Waals surface area contributed by atoms with E-state index in [1.165, 1.54) is 5.56 Å². The normalized spacial score (nSPS) is 15.2. The van der Waals surface area contributed by atoms with Crippen LogP contribution in [0.15, 0.2) is 29.3 Å². The first-order valence-corrected chi connectivity index (χ1v) is 7.01. The van der Waals surface area contributed by atoms with Gasteiger partial charge in [-0.05, 0) is 49.0 Å². The monoisotopic (exact) mass is 285 g/mol. The van der Waals surface area contributed by atoms with Crippen LogP contribution in [0.3, 0.4) is 0 Å². The van der Waals surface area contributed by atoms with Crippen LogP contribution in [-0.4, -0.2) is 36.4 Å². The number of aryl methyl sites for hydroxylation is 1. The highest BCUT2D eigenvalue weighted by Crippen LogP contribution is 2.26. The van der Waals surface area contributed by atoms with Gasteiger partial charge in [-0.1, -0.05) is 0 Å². The number of benzene rings is 1. The lowest BCUT2D eigenvalue weighted by molar-refractivity contribution is 0.122. The molecule has 0 unspecified atom stereocenters. The first kappa shape index (κ1) is 13.2. The van der Waals surface area contributed by atoms with Crippen molar-refractivity contribution in [1.29, 1.82) is 0 Å². The zero-order valence-corrected chi connectivity index (χ0v) is 12.1. The number of aromatic nitrogens is 1. The molecule has 0 spiro atoms. The molecule has 1 fully saturated rings. The Labute approximate surface area is 123 Å². The molecule has 0 saturated carbocycles. The molecule has 0 atom stereocenters. The highest BCUT2D eigenvalue weighted by Gasteiger charge is 2.14. The van der Waals surface area contributed by atoms with Crippen molar-refractivity contribution in [3.63, 3.8) is 0 Å². The van der Waals surface area contributed by atoms with Crippen molar-refractivity contribution < 1.29 is 4.74 Å². The fourth-order valence-electron chi connectivity index (χ4n) is 2.44. The molecule has 0 amide bonds. The van der Waals surface area contributed by atoms with Crippen molar-refractivity contribution in [3.05, 3.63) is 29.8 Å². The number of pyridine rings is 1. The van der Waals surface area contributed by atoms with Crippen LogP contribution >= 0.6 is 12.2 Å². The molecule has 0 radical (unpaired) electrons. The van der Waals surface area contributed by atoms with E-state index in [-0.39, 0.29) is 0 Å². The molecule has 1 aromatic heterocycles. The Morgan fingerprint density at radius 2 is 2.10 bits per heavy atom. The van der Waals surface area contributed by atoms with Crippen molar-refractivity contribution in [2.75, 3.05) is 31.2 Å². The summed E-state index contributed by atoms with van der Waals surface area (Å²) >= 11 is 4.64. The van der Waals surface area contributed by atoms with E-state index in [1.807, 2.05) is 18.2 Å².